The first-order valence-electron chi connectivity index (χ1n) is 5.95. The van der Waals surface area contributed by atoms with Crippen LogP contribution in [0.15, 0.2) is 29.6 Å². The van der Waals surface area contributed by atoms with E-state index < -0.39 is 5.97 Å². The SMILES string of the molecule is CCOC(=O)c1cnn(-c2nccn(CC)c2=O)c1. The Kier molecular flexibility index (Phi) is 3.74. The molecule has 0 aliphatic carbocycles. The number of rotatable bonds is 4. The van der Waals surface area contributed by atoms with Gasteiger partial charge in [-0.25, -0.2) is 14.5 Å². The van der Waals surface area contributed by atoms with Crippen LogP contribution in [0.25, 0.3) is 5.82 Å². The summed E-state index contributed by atoms with van der Waals surface area (Å²) in [6.45, 7) is 4.41. The molecule has 0 unspecified atom stereocenters. The molecule has 0 radical (unpaired) electrons. The normalized spacial score (nSPS) is 10.4. The van der Waals surface area contributed by atoms with E-state index >= 15 is 0 Å². The number of nitrogens with zero attached hydrogens (tertiary/aromatic N) is 4. The molecule has 100 valence electrons. The number of carbonyl (C=O) groups is 1. The van der Waals surface area contributed by atoms with Crippen LogP contribution in [0.5, 0.6) is 0 Å². The highest BCUT2D eigenvalue weighted by Crippen LogP contribution is 2.03. The second kappa shape index (κ2) is 5.47. The summed E-state index contributed by atoms with van der Waals surface area (Å²) >= 11 is 0. The summed E-state index contributed by atoms with van der Waals surface area (Å²) in [4.78, 5) is 27.5. The molecular formula is C12H14N4O3. The first-order chi connectivity index (χ1) is 9.17. The molecule has 0 spiro atoms. The van der Waals surface area contributed by atoms with Gasteiger partial charge in [-0.2, -0.15) is 5.10 Å². The zero-order valence-corrected chi connectivity index (χ0v) is 10.7. The van der Waals surface area contributed by atoms with Gasteiger partial charge in [0, 0.05) is 25.1 Å². The molecule has 0 aromatic carbocycles. The van der Waals surface area contributed by atoms with E-state index in [0.717, 1.165) is 0 Å². The van der Waals surface area contributed by atoms with Crippen LogP contribution >= 0.6 is 0 Å². The number of hydrogen-bond donors (Lipinski definition) is 0. The van der Waals surface area contributed by atoms with E-state index in [-0.39, 0.29) is 23.5 Å². The van der Waals surface area contributed by atoms with Gasteiger partial charge < -0.3 is 9.30 Å². The zero-order valence-electron chi connectivity index (χ0n) is 10.7. The van der Waals surface area contributed by atoms with E-state index in [1.165, 1.54) is 27.8 Å². The lowest BCUT2D eigenvalue weighted by Gasteiger charge is -2.03. The molecule has 7 heteroatoms. The minimum absolute atomic E-state index is 0.153. The van der Waals surface area contributed by atoms with Gasteiger partial charge in [-0.1, -0.05) is 0 Å². The second-order valence-corrected chi connectivity index (χ2v) is 3.74. The van der Waals surface area contributed by atoms with Gasteiger partial charge in [-0.05, 0) is 13.8 Å². The van der Waals surface area contributed by atoms with Crippen molar-refractivity contribution in [2.45, 2.75) is 20.4 Å². The molecule has 0 fully saturated rings. The van der Waals surface area contributed by atoms with E-state index in [0.29, 0.717) is 6.54 Å². The Morgan fingerprint density at radius 1 is 1.42 bits per heavy atom. The average Bonchev–Trinajstić information content (AvgIpc) is 2.89. The second-order valence-electron chi connectivity index (χ2n) is 3.74. The summed E-state index contributed by atoms with van der Waals surface area (Å²) in [5.74, 6) is -0.319. The van der Waals surface area contributed by atoms with Crippen molar-refractivity contribution < 1.29 is 9.53 Å². The topological polar surface area (TPSA) is 79.0 Å². The smallest absolute Gasteiger partial charge is 0.341 e. The lowest BCUT2D eigenvalue weighted by Crippen LogP contribution is -2.24. The van der Waals surface area contributed by atoms with Crippen LogP contribution in [-0.4, -0.2) is 31.9 Å². The highest BCUT2D eigenvalue weighted by Gasteiger charge is 2.13. The Hall–Kier alpha value is -2.44. The molecule has 0 aliphatic rings. The Labute approximate surface area is 109 Å². The van der Waals surface area contributed by atoms with Crippen molar-refractivity contribution in [3.8, 4) is 5.82 Å². The van der Waals surface area contributed by atoms with Crippen LogP contribution in [-0.2, 0) is 11.3 Å². The molecule has 0 atom stereocenters. The number of hydrogen-bond acceptors (Lipinski definition) is 5. The van der Waals surface area contributed by atoms with E-state index in [9.17, 15) is 9.59 Å². The fraction of sp³-hybridized carbons (Fsp3) is 0.333. The van der Waals surface area contributed by atoms with Crippen molar-refractivity contribution >= 4 is 5.97 Å². The van der Waals surface area contributed by atoms with E-state index in [1.807, 2.05) is 6.92 Å². The molecule has 0 saturated carbocycles. The molecule has 2 aromatic heterocycles. The van der Waals surface area contributed by atoms with Gasteiger partial charge in [0.25, 0.3) is 5.56 Å². The predicted molar refractivity (Wildman–Crippen MR) is 67.2 cm³/mol. The predicted octanol–water partition coefficient (Wildman–Crippen LogP) is 0.626. The summed E-state index contributed by atoms with van der Waals surface area (Å²) in [5.41, 5.74) is 0.0264. The summed E-state index contributed by atoms with van der Waals surface area (Å²) in [7, 11) is 0. The third-order valence-corrected chi connectivity index (χ3v) is 2.55. The maximum absolute atomic E-state index is 12.0. The molecule has 0 saturated heterocycles. The van der Waals surface area contributed by atoms with Gasteiger partial charge in [0.05, 0.1) is 18.4 Å². The highest BCUT2D eigenvalue weighted by atomic mass is 16.5. The van der Waals surface area contributed by atoms with Gasteiger partial charge in [0.2, 0.25) is 5.82 Å². The summed E-state index contributed by atoms with van der Waals surface area (Å²) in [5, 5.41) is 3.97. The molecule has 0 amide bonds. The van der Waals surface area contributed by atoms with E-state index in [2.05, 4.69) is 10.1 Å². The highest BCUT2D eigenvalue weighted by molar-refractivity contribution is 5.88. The van der Waals surface area contributed by atoms with Crippen LogP contribution in [0.1, 0.15) is 24.2 Å². The number of esters is 1. The van der Waals surface area contributed by atoms with Crippen molar-refractivity contribution in [3.63, 3.8) is 0 Å². The maximum atomic E-state index is 12.0. The molecular weight excluding hydrogens is 248 g/mol. The fourth-order valence-electron chi connectivity index (χ4n) is 1.60. The van der Waals surface area contributed by atoms with Crippen molar-refractivity contribution in [1.82, 2.24) is 19.3 Å². The molecule has 0 bridgehead atoms. The van der Waals surface area contributed by atoms with Crippen molar-refractivity contribution in [2.24, 2.45) is 0 Å². The maximum Gasteiger partial charge on any atom is 0.341 e. The van der Waals surface area contributed by atoms with Gasteiger partial charge in [-0.3, -0.25) is 4.79 Å². The van der Waals surface area contributed by atoms with Crippen LogP contribution < -0.4 is 5.56 Å². The largest absolute Gasteiger partial charge is 0.462 e. The minimum Gasteiger partial charge on any atom is -0.462 e. The molecule has 0 aliphatic heterocycles. The number of aryl methyl sites for hydroxylation is 1. The number of ether oxygens (including phenoxy) is 1. The third kappa shape index (κ3) is 2.54. The number of aromatic nitrogens is 4. The van der Waals surface area contributed by atoms with E-state index in [1.54, 1.807) is 13.1 Å². The lowest BCUT2D eigenvalue weighted by molar-refractivity contribution is 0.0526. The Morgan fingerprint density at radius 2 is 2.21 bits per heavy atom. The molecule has 2 rings (SSSR count). The first kappa shape index (κ1) is 13.0. The van der Waals surface area contributed by atoms with Crippen LogP contribution in [0, 0.1) is 0 Å². The Morgan fingerprint density at radius 3 is 2.89 bits per heavy atom. The minimum atomic E-state index is -0.472. The Bertz CT molecular complexity index is 644. The zero-order chi connectivity index (χ0) is 13.8. The number of carbonyl (C=O) groups excluding carboxylic acids is 1. The quantitative estimate of drug-likeness (QED) is 0.755. The van der Waals surface area contributed by atoms with Crippen LogP contribution in [0.3, 0.4) is 0 Å². The van der Waals surface area contributed by atoms with Gasteiger partial charge in [0.1, 0.15) is 0 Å². The third-order valence-electron chi connectivity index (χ3n) is 2.55. The standard InChI is InChI=1S/C12H14N4O3/c1-3-15-6-5-13-10(11(15)17)16-8-9(7-14-16)12(18)19-4-2/h5-8H,3-4H2,1-2H3. The monoisotopic (exact) mass is 262 g/mol. The average molecular weight is 262 g/mol. The molecule has 2 heterocycles. The van der Waals surface area contributed by atoms with Gasteiger partial charge in [-0.15, -0.1) is 0 Å². The summed E-state index contributed by atoms with van der Waals surface area (Å²) < 4.78 is 7.64. The molecule has 2 aromatic rings. The van der Waals surface area contributed by atoms with Crippen molar-refractivity contribution in [1.29, 1.82) is 0 Å². The van der Waals surface area contributed by atoms with Crippen LogP contribution in [0.4, 0.5) is 0 Å². The Balaban J connectivity index is 2.38. The first-order valence-corrected chi connectivity index (χ1v) is 5.95. The molecule has 19 heavy (non-hydrogen) atoms. The molecule has 0 N–H and O–H groups in total. The molecule has 7 nitrogen and oxygen atoms in total. The van der Waals surface area contributed by atoms with Gasteiger partial charge in [0.15, 0.2) is 0 Å². The lowest BCUT2D eigenvalue weighted by atomic mass is 10.4. The fourth-order valence-corrected chi connectivity index (χ4v) is 1.60. The summed E-state index contributed by atoms with van der Waals surface area (Å²) in [6.07, 6.45) is 5.90. The van der Waals surface area contributed by atoms with Crippen molar-refractivity contribution in [2.75, 3.05) is 6.61 Å². The van der Waals surface area contributed by atoms with Gasteiger partial charge >= 0.3 is 5.97 Å². The van der Waals surface area contributed by atoms with Crippen LogP contribution in [0.2, 0.25) is 0 Å². The summed E-state index contributed by atoms with van der Waals surface area (Å²) in [6, 6.07) is 0. The van der Waals surface area contributed by atoms with E-state index in [4.69, 9.17) is 4.74 Å². The van der Waals surface area contributed by atoms with Crippen molar-refractivity contribution in [3.05, 3.63) is 40.7 Å².